The van der Waals surface area contributed by atoms with Gasteiger partial charge in [-0.15, -0.1) is 0 Å². The number of hydrogen-bond acceptors (Lipinski definition) is 2. The molecule has 2 aromatic rings. The van der Waals surface area contributed by atoms with E-state index in [4.69, 9.17) is 5.11 Å². The second-order valence-electron chi connectivity index (χ2n) is 5.81. The number of nitrogens with zero attached hydrogens (tertiary/aromatic N) is 1. The van der Waals surface area contributed by atoms with Crippen LogP contribution >= 0.6 is 0 Å². The number of rotatable bonds is 5. The van der Waals surface area contributed by atoms with Crippen LogP contribution in [0.5, 0.6) is 0 Å². The monoisotopic (exact) mass is 289 g/mol. The number of carbonyl (C=O) groups is 1. The molecule has 0 saturated heterocycles. The lowest BCUT2D eigenvalue weighted by Crippen LogP contribution is -2.08. The van der Waals surface area contributed by atoms with Crippen molar-refractivity contribution in [3.63, 3.8) is 0 Å². The van der Waals surface area contributed by atoms with E-state index < -0.39 is 5.97 Å². The van der Waals surface area contributed by atoms with Gasteiger partial charge in [0, 0.05) is 23.7 Å². The van der Waals surface area contributed by atoms with Gasteiger partial charge in [0.05, 0.1) is 11.1 Å². The van der Waals surface area contributed by atoms with Gasteiger partial charge < -0.3 is 14.8 Å². The number of hydrogen-bond donors (Lipinski definition) is 2. The van der Waals surface area contributed by atoms with Gasteiger partial charge in [0.1, 0.15) is 0 Å². The predicted octanol–water partition coefficient (Wildman–Crippen LogP) is 3.46. The summed E-state index contributed by atoms with van der Waals surface area (Å²) < 4.78 is 2.11. The van der Waals surface area contributed by atoms with Crippen LogP contribution in [0.3, 0.4) is 0 Å². The molecule has 0 aliphatic heterocycles. The van der Waals surface area contributed by atoms with Gasteiger partial charge in [-0.2, -0.15) is 0 Å². The van der Waals surface area contributed by atoms with Gasteiger partial charge in [-0.25, -0.2) is 4.79 Å². The van der Waals surface area contributed by atoms with Crippen LogP contribution in [-0.2, 0) is 6.42 Å². The fraction of sp³-hybridized carbons (Fsp3) is 0.471. The van der Waals surface area contributed by atoms with Crippen molar-refractivity contribution < 1.29 is 15.0 Å². The Bertz CT molecular complexity index is 683. The van der Waals surface area contributed by atoms with Crippen LogP contribution in [0.1, 0.15) is 53.5 Å². The first-order valence-electron chi connectivity index (χ1n) is 7.37. The largest absolute Gasteiger partial charge is 0.478 e. The van der Waals surface area contributed by atoms with Gasteiger partial charge in [0.2, 0.25) is 0 Å². The Morgan fingerprint density at radius 1 is 1.29 bits per heavy atom. The molecule has 4 heteroatoms. The molecule has 21 heavy (non-hydrogen) atoms. The number of aliphatic hydroxyl groups excluding tert-OH is 1. The van der Waals surface area contributed by atoms with Crippen LogP contribution in [0.25, 0.3) is 10.9 Å². The van der Waals surface area contributed by atoms with Crippen LogP contribution in [0.2, 0.25) is 0 Å². The quantitative estimate of drug-likeness (QED) is 0.886. The summed E-state index contributed by atoms with van der Waals surface area (Å²) in [4.78, 5) is 11.7. The summed E-state index contributed by atoms with van der Waals surface area (Å²) in [6, 6.07) is 4.07. The van der Waals surface area contributed by atoms with Crippen LogP contribution in [0, 0.1) is 13.8 Å². The van der Waals surface area contributed by atoms with Crippen molar-refractivity contribution in [2.45, 2.75) is 46.6 Å². The number of fused-ring (bicyclic) bond motifs is 1. The van der Waals surface area contributed by atoms with Crippen molar-refractivity contribution in [2.75, 3.05) is 6.61 Å². The van der Waals surface area contributed by atoms with Crippen LogP contribution in [-0.4, -0.2) is 27.4 Å². The lowest BCUT2D eigenvalue weighted by atomic mass is 10.0. The molecule has 1 aromatic carbocycles. The van der Waals surface area contributed by atoms with E-state index in [9.17, 15) is 9.90 Å². The first-order valence-corrected chi connectivity index (χ1v) is 7.37. The Morgan fingerprint density at radius 2 is 1.95 bits per heavy atom. The molecule has 0 aliphatic carbocycles. The van der Waals surface area contributed by atoms with Crippen LogP contribution in [0.15, 0.2) is 12.1 Å². The van der Waals surface area contributed by atoms with Gasteiger partial charge >= 0.3 is 5.97 Å². The molecular weight excluding hydrogens is 266 g/mol. The zero-order chi connectivity index (χ0) is 15.7. The van der Waals surface area contributed by atoms with E-state index in [1.54, 1.807) is 0 Å². The molecule has 2 N–H and O–H groups in total. The summed E-state index contributed by atoms with van der Waals surface area (Å²) in [6.07, 6.45) is 1.45. The number of aryl methyl sites for hydroxylation is 2. The first-order chi connectivity index (χ1) is 9.90. The van der Waals surface area contributed by atoms with Gasteiger partial charge in [0.25, 0.3) is 0 Å². The summed E-state index contributed by atoms with van der Waals surface area (Å²) in [5, 5.41) is 19.7. The topological polar surface area (TPSA) is 62.5 Å². The highest BCUT2D eigenvalue weighted by atomic mass is 16.4. The molecule has 0 amide bonds. The summed E-state index contributed by atoms with van der Waals surface area (Å²) in [7, 11) is 0. The summed E-state index contributed by atoms with van der Waals surface area (Å²) in [5.41, 5.74) is 4.22. The maximum absolute atomic E-state index is 11.7. The molecule has 0 spiro atoms. The van der Waals surface area contributed by atoms with Crippen molar-refractivity contribution in [3.05, 3.63) is 34.5 Å². The minimum atomic E-state index is -0.883. The SMILES string of the molecule is Cc1ccc2c(CCCO)c(C)n(C(C)C)c2c1C(=O)O. The third kappa shape index (κ3) is 2.56. The Kier molecular flexibility index (Phi) is 4.37. The zero-order valence-electron chi connectivity index (χ0n) is 13.1. The van der Waals surface area contributed by atoms with E-state index in [1.807, 2.05) is 26.0 Å². The lowest BCUT2D eigenvalue weighted by molar-refractivity contribution is 0.0698. The summed E-state index contributed by atoms with van der Waals surface area (Å²) in [5.74, 6) is -0.883. The number of carboxylic acid groups (broad SMARTS) is 1. The molecule has 0 radical (unpaired) electrons. The highest BCUT2D eigenvalue weighted by Gasteiger charge is 2.22. The standard InChI is InChI=1S/C17H23NO3/c1-10(2)18-12(4)13(6-5-9-19)14-8-7-11(3)15(16(14)18)17(20)21/h7-8,10,19H,5-6,9H2,1-4H3,(H,20,21). The Balaban J connectivity index is 2.87. The molecule has 1 heterocycles. The molecule has 1 aromatic heterocycles. The van der Waals surface area contributed by atoms with Crippen molar-refractivity contribution in [1.29, 1.82) is 0 Å². The van der Waals surface area contributed by atoms with E-state index in [0.29, 0.717) is 12.0 Å². The fourth-order valence-corrected chi connectivity index (χ4v) is 3.18. The number of aliphatic hydroxyl groups is 1. The maximum atomic E-state index is 11.7. The predicted molar refractivity (Wildman–Crippen MR) is 84.2 cm³/mol. The van der Waals surface area contributed by atoms with Crippen molar-refractivity contribution in [1.82, 2.24) is 4.57 Å². The van der Waals surface area contributed by atoms with E-state index in [1.165, 1.54) is 0 Å². The highest BCUT2D eigenvalue weighted by molar-refractivity contribution is 6.05. The number of aromatic nitrogens is 1. The van der Waals surface area contributed by atoms with Crippen molar-refractivity contribution in [3.8, 4) is 0 Å². The van der Waals surface area contributed by atoms with Gasteiger partial charge in [-0.3, -0.25) is 0 Å². The molecule has 0 unspecified atom stereocenters. The Hall–Kier alpha value is -1.81. The molecular formula is C17H23NO3. The van der Waals surface area contributed by atoms with E-state index >= 15 is 0 Å². The normalized spacial score (nSPS) is 11.5. The first kappa shape index (κ1) is 15.6. The molecule has 0 atom stereocenters. The molecule has 114 valence electrons. The minimum absolute atomic E-state index is 0.144. The van der Waals surface area contributed by atoms with E-state index in [0.717, 1.165) is 34.1 Å². The summed E-state index contributed by atoms with van der Waals surface area (Å²) >= 11 is 0. The average molecular weight is 289 g/mol. The van der Waals surface area contributed by atoms with E-state index in [-0.39, 0.29) is 12.6 Å². The second-order valence-corrected chi connectivity index (χ2v) is 5.81. The molecule has 0 fully saturated rings. The number of carboxylic acids is 1. The van der Waals surface area contributed by atoms with Crippen LogP contribution in [0.4, 0.5) is 0 Å². The average Bonchev–Trinajstić information content (AvgIpc) is 2.67. The van der Waals surface area contributed by atoms with E-state index in [2.05, 4.69) is 18.4 Å². The molecule has 4 nitrogen and oxygen atoms in total. The maximum Gasteiger partial charge on any atom is 0.338 e. The third-order valence-corrected chi connectivity index (χ3v) is 4.07. The number of benzene rings is 1. The Morgan fingerprint density at radius 3 is 2.48 bits per heavy atom. The third-order valence-electron chi connectivity index (χ3n) is 4.07. The smallest absolute Gasteiger partial charge is 0.338 e. The molecule has 0 bridgehead atoms. The minimum Gasteiger partial charge on any atom is -0.478 e. The van der Waals surface area contributed by atoms with Crippen LogP contribution < -0.4 is 0 Å². The second kappa shape index (κ2) is 5.90. The number of aromatic carboxylic acids is 1. The van der Waals surface area contributed by atoms with Gasteiger partial charge in [-0.1, -0.05) is 12.1 Å². The van der Waals surface area contributed by atoms with Crippen molar-refractivity contribution >= 4 is 16.9 Å². The van der Waals surface area contributed by atoms with Crippen molar-refractivity contribution in [2.24, 2.45) is 0 Å². The molecule has 0 aliphatic rings. The molecule has 0 saturated carbocycles. The lowest BCUT2D eigenvalue weighted by Gasteiger charge is -2.15. The van der Waals surface area contributed by atoms with Gasteiger partial charge in [0.15, 0.2) is 0 Å². The Labute approximate surface area is 125 Å². The molecule has 2 rings (SSSR count). The highest BCUT2D eigenvalue weighted by Crippen LogP contribution is 2.33. The van der Waals surface area contributed by atoms with Gasteiger partial charge in [-0.05, 0) is 51.7 Å². The fourth-order valence-electron chi connectivity index (χ4n) is 3.18. The zero-order valence-corrected chi connectivity index (χ0v) is 13.1. The summed E-state index contributed by atoms with van der Waals surface area (Å²) in [6.45, 7) is 8.15.